The molecule has 7 heteroatoms. The largest absolute Gasteiger partial charge is 0.396 e. The Morgan fingerprint density at radius 1 is 1.43 bits per heavy atom. The van der Waals surface area contributed by atoms with Crippen molar-refractivity contribution in [3.05, 3.63) is 23.5 Å². The van der Waals surface area contributed by atoms with Crippen LogP contribution in [0.2, 0.25) is 0 Å². The molecule has 0 spiro atoms. The van der Waals surface area contributed by atoms with Crippen LogP contribution in [0.4, 0.5) is 10.1 Å². The maximum Gasteiger partial charge on any atom is 0.240 e. The van der Waals surface area contributed by atoms with Gasteiger partial charge < -0.3 is 10.5 Å². The van der Waals surface area contributed by atoms with Crippen molar-refractivity contribution in [3.63, 3.8) is 0 Å². The van der Waals surface area contributed by atoms with E-state index in [9.17, 15) is 12.8 Å². The second kappa shape index (κ2) is 6.72. The van der Waals surface area contributed by atoms with E-state index >= 15 is 0 Å². The summed E-state index contributed by atoms with van der Waals surface area (Å²) >= 11 is 0. The lowest BCUT2D eigenvalue weighted by Crippen LogP contribution is -2.29. The van der Waals surface area contributed by atoms with E-state index in [1.165, 1.54) is 13.0 Å². The number of rotatable bonds is 5. The van der Waals surface area contributed by atoms with Gasteiger partial charge in [-0.3, -0.25) is 0 Å². The minimum absolute atomic E-state index is 0.0107. The highest BCUT2D eigenvalue weighted by Crippen LogP contribution is 2.21. The Kier molecular flexibility index (Phi) is 5.18. The lowest BCUT2D eigenvalue weighted by molar-refractivity contribution is 0.0123. The van der Waals surface area contributed by atoms with Crippen LogP contribution >= 0.6 is 0 Å². The van der Waals surface area contributed by atoms with Crippen LogP contribution in [0.1, 0.15) is 31.2 Å². The van der Waals surface area contributed by atoms with Crippen LogP contribution in [0.5, 0.6) is 0 Å². The number of nitrogens with two attached hydrogens (primary N) is 1. The Bertz CT molecular complexity index is 575. The molecule has 21 heavy (non-hydrogen) atoms. The second-order valence-corrected chi connectivity index (χ2v) is 7.09. The molecule has 2 rings (SSSR count). The number of benzene rings is 1. The minimum atomic E-state index is -3.68. The molecule has 0 aromatic heterocycles. The molecule has 0 saturated carbocycles. The monoisotopic (exact) mass is 316 g/mol. The summed E-state index contributed by atoms with van der Waals surface area (Å²) < 4.78 is 45.8. The Morgan fingerprint density at radius 2 is 2.19 bits per heavy atom. The highest BCUT2D eigenvalue weighted by atomic mass is 32.2. The highest BCUT2D eigenvalue weighted by Gasteiger charge is 2.19. The molecule has 1 saturated heterocycles. The summed E-state index contributed by atoms with van der Waals surface area (Å²) in [6.45, 7) is 2.52. The van der Waals surface area contributed by atoms with Crippen LogP contribution in [-0.2, 0) is 14.8 Å². The second-order valence-electron chi connectivity index (χ2n) is 5.32. The molecule has 1 atom stereocenters. The molecule has 5 nitrogen and oxygen atoms in total. The predicted molar refractivity (Wildman–Crippen MR) is 78.9 cm³/mol. The molecule has 1 fully saturated rings. The normalized spacial score (nSPS) is 19.6. The van der Waals surface area contributed by atoms with Gasteiger partial charge >= 0.3 is 0 Å². The number of hydrogen-bond donors (Lipinski definition) is 2. The standard InChI is InChI=1S/C14H21FN2O3S/c1-10-8-12(9-13(16)14(10)15)21(18,19)17-6-5-11-4-2-3-7-20-11/h8-9,11,17H,2-7,16H2,1H3. The summed E-state index contributed by atoms with van der Waals surface area (Å²) in [5.41, 5.74) is 5.53. The van der Waals surface area contributed by atoms with Crippen LogP contribution in [0.15, 0.2) is 17.0 Å². The number of sulfonamides is 1. The van der Waals surface area contributed by atoms with E-state index in [4.69, 9.17) is 10.5 Å². The van der Waals surface area contributed by atoms with Gasteiger partial charge in [0, 0.05) is 13.2 Å². The molecule has 1 aromatic rings. The highest BCUT2D eigenvalue weighted by molar-refractivity contribution is 7.89. The summed E-state index contributed by atoms with van der Waals surface area (Å²) in [6, 6.07) is 2.42. The first kappa shape index (κ1) is 16.2. The van der Waals surface area contributed by atoms with Gasteiger partial charge in [0.2, 0.25) is 10.0 Å². The number of ether oxygens (including phenoxy) is 1. The zero-order valence-electron chi connectivity index (χ0n) is 12.1. The van der Waals surface area contributed by atoms with Crippen molar-refractivity contribution in [1.82, 2.24) is 4.72 Å². The van der Waals surface area contributed by atoms with Gasteiger partial charge in [0.25, 0.3) is 0 Å². The van der Waals surface area contributed by atoms with Crippen LogP contribution in [0, 0.1) is 12.7 Å². The molecule has 3 N–H and O–H groups in total. The predicted octanol–water partition coefficient (Wildman–Crippen LogP) is 1.95. The van der Waals surface area contributed by atoms with Crippen LogP contribution in [-0.4, -0.2) is 27.7 Å². The number of anilines is 1. The molecule has 0 radical (unpaired) electrons. The van der Waals surface area contributed by atoms with E-state index in [0.29, 0.717) is 13.0 Å². The van der Waals surface area contributed by atoms with Crippen molar-refractivity contribution < 1.29 is 17.5 Å². The van der Waals surface area contributed by atoms with Crippen molar-refractivity contribution in [2.75, 3.05) is 18.9 Å². The third kappa shape index (κ3) is 4.15. The van der Waals surface area contributed by atoms with Gasteiger partial charge in [-0.25, -0.2) is 17.5 Å². The minimum Gasteiger partial charge on any atom is -0.396 e. The molecule has 0 amide bonds. The van der Waals surface area contributed by atoms with Crippen LogP contribution < -0.4 is 10.5 Å². The van der Waals surface area contributed by atoms with E-state index in [1.54, 1.807) is 0 Å². The number of nitrogens with one attached hydrogen (secondary N) is 1. The Morgan fingerprint density at radius 3 is 2.81 bits per heavy atom. The smallest absolute Gasteiger partial charge is 0.240 e. The van der Waals surface area contributed by atoms with E-state index < -0.39 is 15.8 Å². The lowest BCUT2D eigenvalue weighted by Gasteiger charge is -2.22. The maximum atomic E-state index is 13.4. The number of nitrogen functional groups attached to an aromatic ring is 1. The number of hydrogen-bond acceptors (Lipinski definition) is 4. The van der Waals surface area contributed by atoms with Gasteiger partial charge in [-0.2, -0.15) is 0 Å². The first-order valence-electron chi connectivity index (χ1n) is 7.07. The molecule has 1 aromatic carbocycles. The quantitative estimate of drug-likeness (QED) is 0.814. The number of halogens is 1. The fraction of sp³-hybridized carbons (Fsp3) is 0.571. The van der Waals surface area contributed by atoms with E-state index in [0.717, 1.165) is 31.9 Å². The van der Waals surface area contributed by atoms with E-state index in [-0.39, 0.29) is 22.3 Å². The topological polar surface area (TPSA) is 81.4 Å². The molecule has 0 bridgehead atoms. The SMILES string of the molecule is Cc1cc(S(=O)(=O)NCCC2CCCCO2)cc(N)c1F. The van der Waals surface area contributed by atoms with Crippen LogP contribution in [0.3, 0.4) is 0 Å². The summed E-state index contributed by atoms with van der Waals surface area (Å²) in [4.78, 5) is -0.0107. The van der Waals surface area contributed by atoms with Gasteiger partial charge in [0.1, 0.15) is 5.82 Å². The van der Waals surface area contributed by atoms with E-state index in [1.807, 2.05) is 0 Å². The Balaban J connectivity index is 1.98. The summed E-state index contributed by atoms with van der Waals surface area (Å²) in [7, 11) is -3.68. The van der Waals surface area contributed by atoms with Crippen molar-refractivity contribution in [1.29, 1.82) is 0 Å². The third-order valence-corrected chi connectivity index (χ3v) is 5.04. The zero-order chi connectivity index (χ0) is 15.5. The first-order chi connectivity index (χ1) is 9.90. The summed E-state index contributed by atoms with van der Waals surface area (Å²) in [6.07, 6.45) is 3.89. The summed E-state index contributed by atoms with van der Waals surface area (Å²) in [5, 5.41) is 0. The average Bonchev–Trinajstić information content (AvgIpc) is 2.45. The molecule has 118 valence electrons. The lowest BCUT2D eigenvalue weighted by atomic mass is 10.1. The Labute approximate surface area is 124 Å². The van der Waals surface area contributed by atoms with Gasteiger partial charge in [-0.1, -0.05) is 0 Å². The molecular formula is C14H21FN2O3S. The van der Waals surface area contributed by atoms with Crippen molar-refractivity contribution in [2.45, 2.75) is 43.6 Å². The van der Waals surface area contributed by atoms with Crippen molar-refractivity contribution in [3.8, 4) is 0 Å². The fourth-order valence-corrected chi connectivity index (χ4v) is 3.56. The first-order valence-corrected chi connectivity index (χ1v) is 8.55. The van der Waals surface area contributed by atoms with E-state index in [2.05, 4.69) is 4.72 Å². The maximum absolute atomic E-state index is 13.4. The van der Waals surface area contributed by atoms with Gasteiger partial charge in [0.05, 0.1) is 16.7 Å². The van der Waals surface area contributed by atoms with Gasteiger partial charge in [-0.05, 0) is 50.3 Å². The molecule has 1 unspecified atom stereocenters. The summed E-state index contributed by atoms with van der Waals surface area (Å²) in [5.74, 6) is -0.579. The average molecular weight is 316 g/mol. The Hall–Kier alpha value is -1.18. The molecular weight excluding hydrogens is 295 g/mol. The molecule has 0 aliphatic carbocycles. The van der Waals surface area contributed by atoms with Crippen LogP contribution in [0.25, 0.3) is 0 Å². The van der Waals surface area contributed by atoms with Crippen molar-refractivity contribution in [2.24, 2.45) is 0 Å². The third-order valence-electron chi connectivity index (χ3n) is 3.60. The molecule has 1 aliphatic heterocycles. The van der Waals surface area contributed by atoms with Gasteiger partial charge in [0.15, 0.2) is 0 Å². The molecule has 1 aliphatic rings. The fourth-order valence-electron chi connectivity index (χ4n) is 2.39. The zero-order valence-corrected chi connectivity index (χ0v) is 12.9. The van der Waals surface area contributed by atoms with Crippen molar-refractivity contribution >= 4 is 15.7 Å². The number of aryl methyl sites for hydroxylation is 1. The molecule has 1 heterocycles. The van der Waals surface area contributed by atoms with Gasteiger partial charge in [-0.15, -0.1) is 0 Å².